The number of hydrogen-bond donors (Lipinski definition) is 1. The van der Waals surface area contributed by atoms with E-state index in [1.54, 1.807) is 28.6 Å². The first-order valence-corrected chi connectivity index (χ1v) is 8.33. The molecule has 1 aromatic carbocycles. The number of ether oxygens (including phenoxy) is 1. The molecule has 0 aliphatic carbocycles. The number of nitrogens with two attached hydrogens (primary N) is 1. The van der Waals surface area contributed by atoms with Crippen molar-refractivity contribution in [3.8, 4) is 5.75 Å². The van der Waals surface area contributed by atoms with Gasteiger partial charge in [0.1, 0.15) is 10.6 Å². The molecule has 0 bridgehead atoms. The zero-order valence-corrected chi connectivity index (χ0v) is 12.8. The van der Waals surface area contributed by atoms with Gasteiger partial charge in [-0.2, -0.15) is 4.31 Å². The Hall–Kier alpha value is -1.11. The maximum atomic E-state index is 12.9. The lowest BCUT2D eigenvalue weighted by Gasteiger charge is -2.37. The number of para-hydroxylation sites is 1. The molecule has 2 rings (SSSR count). The van der Waals surface area contributed by atoms with E-state index in [1.165, 1.54) is 7.11 Å². The quantitative estimate of drug-likeness (QED) is 0.916. The minimum absolute atomic E-state index is 0.140. The van der Waals surface area contributed by atoms with E-state index in [0.29, 0.717) is 12.3 Å². The third kappa shape index (κ3) is 2.82. The fourth-order valence-electron chi connectivity index (χ4n) is 2.71. The number of nitrogens with zero attached hydrogens (tertiary/aromatic N) is 1. The molecule has 6 heteroatoms. The number of methoxy groups -OCH3 is 1. The second-order valence-electron chi connectivity index (χ2n) is 5.19. The van der Waals surface area contributed by atoms with E-state index in [-0.39, 0.29) is 17.0 Å². The molecule has 0 aromatic heterocycles. The summed E-state index contributed by atoms with van der Waals surface area (Å²) in [6, 6.07) is 6.40. The molecule has 0 saturated carbocycles. The Labute approximate surface area is 120 Å². The van der Waals surface area contributed by atoms with Gasteiger partial charge in [0.2, 0.25) is 10.0 Å². The van der Waals surface area contributed by atoms with Crippen molar-refractivity contribution in [1.29, 1.82) is 0 Å². The van der Waals surface area contributed by atoms with E-state index >= 15 is 0 Å². The summed E-state index contributed by atoms with van der Waals surface area (Å²) in [5.74, 6) is 0.376. The normalized spacial score (nSPS) is 22.4. The van der Waals surface area contributed by atoms with Gasteiger partial charge in [-0.1, -0.05) is 18.6 Å². The van der Waals surface area contributed by atoms with Crippen LogP contribution < -0.4 is 10.5 Å². The van der Waals surface area contributed by atoms with Gasteiger partial charge in [-0.05, 0) is 31.9 Å². The molecule has 112 valence electrons. The van der Waals surface area contributed by atoms with E-state index in [2.05, 4.69) is 0 Å². The van der Waals surface area contributed by atoms with Crippen LogP contribution in [0, 0.1) is 0 Å². The summed E-state index contributed by atoms with van der Waals surface area (Å²) in [5, 5.41) is 0. The van der Waals surface area contributed by atoms with E-state index < -0.39 is 10.0 Å². The van der Waals surface area contributed by atoms with E-state index in [9.17, 15) is 8.42 Å². The molecule has 0 unspecified atom stereocenters. The van der Waals surface area contributed by atoms with Gasteiger partial charge >= 0.3 is 0 Å². The third-order valence-electron chi connectivity index (χ3n) is 3.76. The second kappa shape index (κ2) is 6.11. The van der Waals surface area contributed by atoms with Crippen LogP contribution in [0.5, 0.6) is 5.75 Å². The maximum absolute atomic E-state index is 12.9. The highest BCUT2D eigenvalue weighted by molar-refractivity contribution is 7.89. The Morgan fingerprint density at radius 1 is 1.35 bits per heavy atom. The highest BCUT2D eigenvalue weighted by Gasteiger charge is 2.36. The van der Waals surface area contributed by atoms with E-state index in [4.69, 9.17) is 10.5 Å². The van der Waals surface area contributed by atoms with Crippen LogP contribution in [0.3, 0.4) is 0 Å². The zero-order valence-electron chi connectivity index (χ0n) is 12.0. The number of benzene rings is 1. The number of sulfonamides is 1. The van der Waals surface area contributed by atoms with E-state index in [1.807, 2.05) is 6.92 Å². The van der Waals surface area contributed by atoms with Gasteiger partial charge < -0.3 is 10.5 Å². The molecule has 5 nitrogen and oxygen atoms in total. The van der Waals surface area contributed by atoms with Crippen molar-refractivity contribution in [2.45, 2.75) is 43.2 Å². The predicted octanol–water partition coefficient (Wildman–Crippen LogP) is 1.59. The standard InChI is InChI=1S/C14H22N2O3S/c1-11(15)12-7-5-6-10-16(12)20(17,18)14-9-4-3-8-13(14)19-2/h3-4,8-9,11-12H,5-7,10,15H2,1-2H3/t11-,12-/m1/s1. The highest BCUT2D eigenvalue weighted by Crippen LogP contribution is 2.31. The van der Waals surface area contributed by atoms with Crippen molar-refractivity contribution in [3.63, 3.8) is 0 Å². The Morgan fingerprint density at radius 3 is 2.70 bits per heavy atom. The minimum Gasteiger partial charge on any atom is -0.495 e. The average Bonchev–Trinajstić information content (AvgIpc) is 2.47. The molecule has 1 aliphatic heterocycles. The summed E-state index contributed by atoms with van der Waals surface area (Å²) in [6.45, 7) is 2.38. The van der Waals surface area contributed by atoms with Crippen LogP contribution >= 0.6 is 0 Å². The van der Waals surface area contributed by atoms with Gasteiger partial charge in [-0.15, -0.1) is 0 Å². The van der Waals surface area contributed by atoms with Crippen LogP contribution in [0.4, 0.5) is 0 Å². The molecule has 20 heavy (non-hydrogen) atoms. The number of piperidine rings is 1. The molecule has 1 fully saturated rings. The minimum atomic E-state index is -3.57. The van der Waals surface area contributed by atoms with Crippen molar-refractivity contribution in [2.75, 3.05) is 13.7 Å². The first-order valence-electron chi connectivity index (χ1n) is 6.89. The molecule has 1 heterocycles. The molecule has 0 spiro atoms. The van der Waals surface area contributed by atoms with Gasteiger partial charge in [0, 0.05) is 18.6 Å². The molecule has 2 N–H and O–H groups in total. The molecule has 2 atom stereocenters. The molecule has 0 radical (unpaired) electrons. The highest BCUT2D eigenvalue weighted by atomic mass is 32.2. The predicted molar refractivity (Wildman–Crippen MR) is 78.2 cm³/mol. The molecule has 1 aliphatic rings. The van der Waals surface area contributed by atoms with Crippen LogP contribution in [0.15, 0.2) is 29.2 Å². The summed E-state index contributed by atoms with van der Waals surface area (Å²) in [4.78, 5) is 0.218. The zero-order chi connectivity index (χ0) is 14.8. The first-order chi connectivity index (χ1) is 9.48. The molecule has 1 saturated heterocycles. The second-order valence-corrected chi connectivity index (χ2v) is 7.05. The summed E-state index contributed by atoms with van der Waals surface area (Å²) >= 11 is 0. The fourth-order valence-corrected chi connectivity index (χ4v) is 4.64. The SMILES string of the molecule is COc1ccccc1S(=O)(=O)N1CCCC[C@@H]1[C@@H](C)N. The fraction of sp³-hybridized carbons (Fsp3) is 0.571. The van der Waals surface area contributed by atoms with Crippen LogP contribution in [-0.2, 0) is 10.0 Å². The van der Waals surface area contributed by atoms with Gasteiger partial charge in [-0.25, -0.2) is 8.42 Å². The summed E-state index contributed by atoms with van der Waals surface area (Å²) in [7, 11) is -2.09. The van der Waals surface area contributed by atoms with Crippen molar-refractivity contribution in [3.05, 3.63) is 24.3 Å². The van der Waals surface area contributed by atoms with Crippen LogP contribution in [0.2, 0.25) is 0 Å². The lowest BCUT2D eigenvalue weighted by molar-refractivity contribution is 0.226. The van der Waals surface area contributed by atoms with E-state index in [0.717, 1.165) is 19.3 Å². The van der Waals surface area contributed by atoms with Gasteiger partial charge in [0.15, 0.2) is 0 Å². The maximum Gasteiger partial charge on any atom is 0.247 e. The summed E-state index contributed by atoms with van der Waals surface area (Å²) in [5.41, 5.74) is 5.97. The lowest BCUT2D eigenvalue weighted by atomic mass is 10.00. The van der Waals surface area contributed by atoms with Gasteiger partial charge in [-0.3, -0.25) is 0 Å². The monoisotopic (exact) mass is 298 g/mol. The van der Waals surface area contributed by atoms with Crippen molar-refractivity contribution < 1.29 is 13.2 Å². The largest absolute Gasteiger partial charge is 0.495 e. The average molecular weight is 298 g/mol. The molecule has 0 amide bonds. The summed E-state index contributed by atoms with van der Waals surface area (Å²) < 4.78 is 32.5. The summed E-state index contributed by atoms with van der Waals surface area (Å²) in [6.07, 6.45) is 2.70. The van der Waals surface area contributed by atoms with Gasteiger partial charge in [0.05, 0.1) is 7.11 Å². The third-order valence-corrected chi connectivity index (χ3v) is 5.72. The van der Waals surface area contributed by atoms with Crippen LogP contribution in [0.25, 0.3) is 0 Å². The molecule has 1 aromatic rings. The van der Waals surface area contributed by atoms with Crippen molar-refractivity contribution in [1.82, 2.24) is 4.31 Å². The molecular weight excluding hydrogens is 276 g/mol. The Morgan fingerprint density at radius 2 is 2.05 bits per heavy atom. The Balaban J connectivity index is 2.42. The number of rotatable bonds is 4. The van der Waals surface area contributed by atoms with Crippen molar-refractivity contribution >= 4 is 10.0 Å². The van der Waals surface area contributed by atoms with Gasteiger partial charge in [0.25, 0.3) is 0 Å². The lowest BCUT2D eigenvalue weighted by Crippen LogP contribution is -2.51. The Kier molecular flexibility index (Phi) is 4.67. The first kappa shape index (κ1) is 15.3. The van der Waals surface area contributed by atoms with Crippen molar-refractivity contribution in [2.24, 2.45) is 5.73 Å². The smallest absolute Gasteiger partial charge is 0.247 e. The topological polar surface area (TPSA) is 72.6 Å². The van der Waals surface area contributed by atoms with Crippen LogP contribution in [-0.4, -0.2) is 38.5 Å². The number of hydrogen-bond acceptors (Lipinski definition) is 4. The Bertz CT molecular complexity index is 557. The van der Waals surface area contributed by atoms with Crippen LogP contribution in [0.1, 0.15) is 26.2 Å². The molecular formula is C14H22N2O3S.